The first-order chi connectivity index (χ1) is 23.9. The molecule has 0 bridgehead atoms. The highest BCUT2D eigenvalue weighted by Gasteiger charge is 2.28. The van der Waals surface area contributed by atoms with E-state index < -0.39 is 0 Å². The van der Waals surface area contributed by atoms with Crippen molar-refractivity contribution in [3.8, 4) is 17.0 Å². The van der Waals surface area contributed by atoms with Crippen molar-refractivity contribution in [2.24, 2.45) is 4.99 Å². The minimum absolute atomic E-state index is 0.0424. The Morgan fingerprint density at radius 1 is 0.620 bits per heavy atom. The van der Waals surface area contributed by atoms with E-state index in [0.717, 1.165) is 62.8 Å². The van der Waals surface area contributed by atoms with Crippen molar-refractivity contribution in [3.63, 3.8) is 0 Å². The summed E-state index contributed by atoms with van der Waals surface area (Å²) in [5.74, 6) is -0.0424. The van der Waals surface area contributed by atoms with Crippen LogP contribution in [0.3, 0.4) is 0 Å². The molecule has 0 saturated heterocycles. The van der Waals surface area contributed by atoms with Gasteiger partial charge >= 0.3 is 0 Å². The zero-order valence-electron chi connectivity index (χ0n) is 29.6. The molecular weight excluding hydrogens is 696 g/mol. The van der Waals surface area contributed by atoms with Crippen molar-refractivity contribution < 1.29 is 5.11 Å². The first-order valence-electron chi connectivity index (χ1n) is 17.2. The van der Waals surface area contributed by atoms with Crippen LogP contribution >= 0.6 is 15.9 Å². The number of pyridine rings is 2. The van der Waals surface area contributed by atoms with E-state index >= 15 is 0 Å². The van der Waals surface area contributed by atoms with Crippen molar-refractivity contribution in [2.75, 3.05) is 68.5 Å². The fraction of sp³-hybridized carbons (Fsp3) is 0.385. The molecule has 260 valence electrons. The van der Waals surface area contributed by atoms with Gasteiger partial charge in [-0.25, -0.2) is 0 Å². The molecule has 1 aliphatic carbocycles. The third kappa shape index (κ3) is 5.51. The van der Waals surface area contributed by atoms with Gasteiger partial charge in [0.25, 0.3) is 16.7 Å². The average Bonchev–Trinajstić information content (AvgIpc) is 3.06. The molecule has 11 heteroatoms. The van der Waals surface area contributed by atoms with Crippen molar-refractivity contribution in [1.82, 2.24) is 23.8 Å². The molecule has 10 nitrogen and oxygen atoms in total. The lowest BCUT2D eigenvalue weighted by Crippen LogP contribution is -2.36. The molecule has 2 aliphatic rings. The van der Waals surface area contributed by atoms with Gasteiger partial charge in [-0.2, -0.15) is 0 Å². The second-order valence-corrected chi connectivity index (χ2v) is 15.2. The first kappa shape index (κ1) is 34.3. The van der Waals surface area contributed by atoms with Gasteiger partial charge in [-0.05, 0) is 122 Å². The SMILES string of the molecule is CN(C)CCCN=c1cc2c(=O)n(CCCN(C)C)c(=O)c3cc(Br)c4c5ccc6c(=O)n(CCCN(C)C)c(O)c7ccc(c1c4c3-2)c5c76. The molecule has 0 amide bonds. The van der Waals surface area contributed by atoms with Crippen LogP contribution in [0.1, 0.15) is 19.3 Å². The van der Waals surface area contributed by atoms with Gasteiger partial charge in [-0.1, -0.05) is 28.1 Å². The third-order valence-electron chi connectivity index (χ3n) is 9.98. The van der Waals surface area contributed by atoms with E-state index in [1.54, 1.807) is 0 Å². The van der Waals surface area contributed by atoms with Crippen molar-refractivity contribution in [3.05, 3.63) is 77.3 Å². The quantitative estimate of drug-likeness (QED) is 0.109. The molecule has 0 fully saturated rings. The summed E-state index contributed by atoms with van der Waals surface area (Å²) in [7, 11) is 12.0. The maximum absolute atomic E-state index is 14.2. The van der Waals surface area contributed by atoms with E-state index in [0.29, 0.717) is 70.5 Å². The number of hydrogen-bond donors (Lipinski definition) is 1. The van der Waals surface area contributed by atoms with Gasteiger partial charge in [0.2, 0.25) is 5.88 Å². The van der Waals surface area contributed by atoms with E-state index in [9.17, 15) is 19.5 Å². The van der Waals surface area contributed by atoms with Gasteiger partial charge in [-0.15, -0.1) is 0 Å². The zero-order chi connectivity index (χ0) is 35.6. The molecule has 1 N–H and O–H groups in total. The average molecular weight is 740 g/mol. The Bertz CT molecular complexity index is 2610. The predicted molar refractivity (Wildman–Crippen MR) is 208 cm³/mol. The molecule has 7 rings (SSSR count). The maximum Gasteiger partial charge on any atom is 0.261 e. The molecule has 2 heterocycles. The summed E-state index contributed by atoms with van der Waals surface area (Å²) < 4.78 is 3.58. The lowest BCUT2D eigenvalue weighted by molar-refractivity contribution is 0.365. The van der Waals surface area contributed by atoms with Crippen LogP contribution in [0, 0.1) is 0 Å². The standard InChI is InChI=1S/C39H43BrN6O4/c1-42(2)15-7-14-41-29-21-27-32-26(38(49)46(39(27)50)19-9-17-44(5)6)20-28(40)33-22-10-12-24-31-25(13-11-23(30(22)31)34(29)35(32)33)37(48)45(36(24)47)18-8-16-43(3)4/h10-13,20-21,48H,7-9,14-19H2,1-6H3. The van der Waals surface area contributed by atoms with Crippen LogP contribution in [-0.2, 0) is 13.1 Å². The van der Waals surface area contributed by atoms with Crippen LogP contribution in [0.15, 0.2) is 60.2 Å². The lowest BCUT2D eigenvalue weighted by Gasteiger charge is -2.23. The molecule has 0 saturated carbocycles. The van der Waals surface area contributed by atoms with Gasteiger partial charge in [0.15, 0.2) is 0 Å². The Morgan fingerprint density at radius 2 is 1.16 bits per heavy atom. The van der Waals surface area contributed by atoms with E-state index in [1.165, 1.54) is 9.13 Å². The van der Waals surface area contributed by atoms with E-state index in [4.69, 9.17) is 4.99 Å². The molecule has 50 heavy (non-hydrogen) atoms. The summed E-state index contributed by atoms with van der Waals surface area (Å²) in [6, 6.07) is 11.4. The minimum atomic E-state index is -0.304. The Hall–Kier alpha value is -4.16. The first-order valence-corrected chi connectivity index (χ1v) is 18.0. The van der Waals surface area contributed by atoms with Gasteiger partial charge in [0.05, 0.1) is 10.9 Å². The highest BCUT2D eigenvalue weighted by atomic mass is 79.9. The van der Waals surface area contributed by atoms with Crippen LogP contribution in [0.4, 0.5) is 0 Å². The Labute approximate surface area is 297 Å². The maximum atomic E-state index is 14.2. The summed E-state index contributed by atoms with van der Waals surface area (Å²) in [6.45, 7) is 3.67. The van der Waals surface area contributed by atoms with E-state index in [1.807, 2.05) is 83.6 Å². The molecule has 0 radical (unpaired) electrons. The molecule has 0 unspecified atom stereocenters. The molecule has 4 aromatic carbocycles. The Morgan fingerprint density at radius 3 is 1.82 bits per heavy atom. The predicted octanol–water partition coefficient (Wildman–Crippen LogP) is 4.78. The number of halogens is 1. The fourth-order valence-corrected chi connectivity index (χ4v) is 8.36. The summed E-state index contributed by atoms with van der Waals surface area (Å²) in [6.07, 6.45) is 2.21. The number of aromatic nitrogens is 2. The highest BCUT2D eigenvalue weighted by molar-refractivity contribution is 9.10. The smallest absolute Gasteiger partial charge is 0.261 e. The highest BCUT2D eigenvalue weighted by Crippen LogP contribution is 2.47. The monoisotopic (exact) mass is 738 g/mol. The van der Waals surface area contributed by atoms with Gasteiger partial charge in [0, 0.05) is 67.4 Å². The summed E-state index contributed by atoms with van der Waals surface area (Å²) in [5.41, 5.74) is 0.284. The number of rotatable bonds is 12. The van der Waals surface area contributed by atoms with Crippen LogP contribution in [0.5, 0.6) is 5.88 Å². The van der Waals surface area contributed by atoms with E-state index in [2.05, 4.69) is 25.7 Å². The number of fused-ring (bicyclic) bond motifs is 2. The molecule has 1 aliphatic heterocycles. The summed E-state index contributed by atoms with van der Waals surface area (Å²) in [5, 5.41) is 19.7. The van der Waals surface area contributed by atoms with Crippen LogP contribution < -0.4 is 22.0 Å². The zero-order valence-corrected chi connectivity index (χ0v) is 31.1. The summed E-state index contributed by atoms with van der Waals surface area (Å²) in [4.78, 5) is 53.6. The fourth-order valence-electron chi connectivity index (χ4n) is 7.72. The molecular formula is C39H43BrN6O4. The number of aromatic hydroxyl groups is 1. The molecule has 0 atom stereocenters. The lowest BCUT2D eigenvalue weighted by atomic mass is 9.83. The normalized spacial score (nSPS) is 13.2. The number of nitrogens with zero attached hydrogens (tertiary/aromatic N) is 6. The second-order valence-electron chi connectivity index (χ2n) is 14.3. The minimum Gasteiger partial charge on any atom is -0.494 e. The van der Waals surface area contributed by atoms with Gasteiger partial charge < -0.3 is 19.8 Å². The summed E-state index contributed by atoms with van der Waals surface area (Å²) >= 11 is 3.85. The van der Waals surface area contributed by atoms with Gasteiger partial charge in [-0.3, -0.25) is 28.5 Å². The number of benzene rings is 5. The van der Waals surface area contributed by atoms with Crippen molar-refractivity contribution >= 4 is 69.8 Å². The van der Waals surface area contributed by atoms with Gasteiger partial charge in [0.1, 0.15) is 0 Å². The number of hydrogen-bond acceptors (Lipinski definition) is 8. The van der Waals surface area contributed by atoms with Crippen molar-refractivity contribution in [1.29, 1.82) is 0 Å². The van der Waals surface area contributed by atoms with Crippen molar-refractivity contribution in [2.45, 2.75) is 32.4 Å². The van der Waals surface area contributed by atoms with Crippen LogP contribution in [-0.4, -0.2) is 97.4 Å². The largest absolute Gasteiger partial charge is 0.494 e. The second kappa shape index (κ2) is 13.2. The van der Waals surface area contributed by atoms with Crippen LogP contribution in [0.25, 0.3) is 65.0 Å². The molecule has 0 spiro atoms. The third-order valence-corrected chi connectivity index (χ3v) is 10.6. The van der Waals surface area contributed by atoms with Crippen LogP contribution in [0.2, 0.25) is 0 Å². The van der Waals surface area contributed by atoms with E-state index in [-0.39, 0.29) is 22.6 Å². The topological polar surface area (TPSA) is 103 Å². The Balaban J connectivity index is 1.62. The Kier molecular flexibility index (Phi) is 9.05. The molecule has 1 aromatic heterocycles. The molecule has 5 aromatic rings.